The van der Waals surface area contributed by atoms with Crippen LogP contribution in [0.5, 0.6) is 0 Å². The predicted molar refractivity (Wildman–Crippen MR) is 87.2 cm³/mol. The molecule has 0 fully saturated rings. The van der Waals surface area contributed by atoms with Gasteiger partial charge in [-0.05, 0) is 35.2 Å². The summed E-state index contributed by atoms with van der Waals surface area (Å²) < 4.78 is 0. The molecular weight excluding hydrogens is 244 g/mol. The first-order valence-electron chi connectivity index (χ1n) is 7.23. The third-order valence-corrected chi connectivity index (χ3v) is 3.65. The minimum atomic E-state index is -0.0538. The van der Waals surface area contributed by atoms with Gasteiger partial charge in [-0.15, -0.1) is 0 Å². The topological polar surface area (TPSA) is 29.3 Å². The van der Waals surface area contributed by atoms with E-state index in [4.69, 9.17) is 5.73 Å². The molecule has 0 aliphatic rings. The third-order valence-electron chi connectivity index (χ3n) is 3.65. The molecule has 0 saturated carbocycles. The number of hydrogen-bond acceptors (Lipinski definition) is 2. The van der Waals surface area contributed by atoms with Crippen molar-refractivity contribution in [2.45, 2.75) is 25.8 Å². The molecule has 0 heterocycles. The van der Waals surface area contributed by atoms with Crippen LogP contribution in [0.4, 0.5) is 5.69 Å². The van der Waals surface area contributed by atoms with Crippen molar-refractivity contribution in [3.8, 4) is 0 Å². The fourth-order valence-corrected chi connectivity index (χ4v) is 2.35. The molecule has 0 aromatic heterocycles. The third kappa shape index (κ3) is 3.40. The van der Waals surface area contributed by atoms with Gasteiger partial charge in [-0.1, -0.05) is 49.7 Å². The van der Waals surface area contributed by atoms with Crippen LogP contribution in [0.3, 0.4) is 0 Å². The zero-order chi connectivity index (χ0) is 14.5. The van der Waals surface area contributed by atoms with Crippen LogP contribution < -0.4 is 10.6 Å². The van der Waals surface area contributed by atoms with Crippen LogP contribution in [-0.2, 0) is 6.42 Å². The second-order valence-corrected chi connectivity index (χ2v) is 5.46. The van der Waals surface area contributed by atoms with Crippen LogP contribution in [0.1, 0.15) is 36.1 Å². The Kier molecular flexibility index (Phi) is 4.80. The molecule has 0 aliphatic heterocycles. The maximum Gasteiger partial charge on any atom is 0.0551 e. The average Bonchev–Trinajstić information content (AvgIpc) is 2.48. The molecule has 20 heavy (non-hydrogen) atoms. The number of hydrogen-bond donors (Lipinski definition) is 1. The summed E-state index contributed by atoms with van der Waals surface area (Å²) in [5.41, 5.74) is 11.2. The van der Waals surface area contributed by atoms with Crippen LogP contribution >= 0.6 is 0 Å². The average molecular weight is 268 g/mol. The van der Waals surface area contributed by atoms with E-state index < -0.39 is 0 Å². The summed E-state index contributed by atoms with van der Waals surface area (Å²) in [6.45, 7) is 2.20. The highest BCUT2D eigenvalue weighted by Gasteiger charge is 2.09. The Bertz CT molecular complexity index is 526. The summed E-state index contributed by atoms with van der Waals surface area (Å²) >= 11 is 0. The molecule has 2 aromatic carbocycles. The zero-order valence-corrected chi connectivity index (χ0v) is 12.6. The van der Waals surface area contributed by atoms with Crippen LogP contribution in [0.15, 0.2) is 48.5 Å². The van der Waals surface area contributed by atoms with E-state index in [1.54, 1.807) is 0 Å². The van der Waals surface area contributed by atoms with Crippen molar-refractivity contribution < 1.29 is 0 Å². The van der Waals surface area contributed by atoms with Crippen molar-refractivity contribution in [2.75, 3.05) is 19.0 Å². The lowest BCUT2D eigenvalue weighted by molar-refractivity contribution is 0.865. The summed E-state index contributed by atoms with van der Waals surface area (Å²) in [6.07, 6.45) is 2.31. The van der Waals surface area contributed by atoms with Crippen molar-refractivity contribution in [3.63, 3.8) is 0 Å². The molecule has 0 radical (unpaired) electrons. The first kappa shape index (κ1) is 14.6. The summed E-state index contributed by atoms with van der Waals surface area (Å²) in [5.74, 6) is 0. The Hall–Kier alpha value is -1.80. The first-order chi connectivity index (χ1) is 9.61. The van der Waals surface area contributed by atoms with Crippen molar-refractivity contribution in [1.29, 1.82) is 0 Å². The minimum absolute atomic E-state index is 0.0538. The smallest absolute Gasteiger partial charge is 0.0551 e. The Labute approximate surface area is 122 Å². The summed E-state index contributed by atoms with van der Waals surface area (Å²) in [5, 5.41) is 0. The summed E-state index contributed by atoms with van der Waals surface area (Å²) in [7, 11) is 4.09. The lowest BCUT2D eigenvalue weighted by Crippen LogP contribution is -2.13. The zero-order valence-electron chi connectivity index (χ0n) is 12.6. The van der Waals surface area contributed by atoms with Crippen LogP contribution in [0.25, 0.3) is 0 Å². The second kappa shape index (κ2) is 6.58. The van der Waals surface area contributed by atoms with E-state index in [0.717, 1.165) is 12.0 Å². The molecule has 2 heteroatoms. The molecule has 106 valence electrons. The fourth-order valence-electron chi connectivity index (χ4n) is 2.35. The van der Waals surface area contributed by atoms with Crippen molar-refractivity contribution in [3.05, 3.63) is 65.2 Å². The van der Waals surface area contributed by atoms with Gasteiger partial charge in [0.2, 0.25) is 0 Å². The minimum Gasteiger partial charge on any atom is -0.378 e. The molecule has 0 saturated heterocycles. The van der Waals surface area contributed by atoms with Gasteiger partial charge in [-0.25, -0.2) is 0 Å². The van der Waals surface area contributed by atoms with E-state index >= 15 is 0 Å². The molecule has 0 spiro atoms. The van der Waals surface area contributed by atoms with Crippen LogP contribution in [0.2, 0.25) is 0 Å². The summed E-state index contributed by atoms with van der Waals surface area (Å²) in [6, 6.07) is 17.1. The molecule has 0 bridgehead atoms. The Morgan fingerprint density at radius 2 is 1.40 bits per heavy atom. The first-order valence-corrected chi connectivity index (χ1v) is 7.23. The van der Waals surface area contributed by atoms with Crippen molar-refractivity contribution in [1.82, 2.24) is 0 Å². The lowest BCUT2D eigenvalue weighted by atomic mass is 9.97. The van der Waals surface area contributed by atoms with Gasteiger partial charge in [0.05, 0.1) is 6.04 Å². The summed E-state index contributed by atoms with van der Waals surface area (Å²) in [4.78, 5) is 2.09. The Balaban J connectivity index is 2.15. The molecule has 2 nitrogen and oxygen atoms in total. The SMILES string of the molecule is CCCc1ccc(C(N)c2ccc(N(C)C)cc2)cc1. The molecule has 0 aliphatic carbocycles. The van der Waals surface area contributed by atoms with Crippen LogP contribution in [0, 0.1) is 0 Å². The van der Waals surface area contributed by atoms with Gasteiger partial charge in [-0.2, -0.15) is 0 Å². The molecule has 2 N–H and O–H groups in total. The second-order valence-electron chi connectivity index (χ2n) is 5.46. The molecule has 1 unspecified atom stereocenters. The van der Waals surface area contributed by atoms with Crippen LogP contribution in [-0.4, -0.2) is 14.1 Å². The van der Waals surface area contributed by atoms with Gasteiger partial charge in [0, 0.05) is 19.8 Å². The fraction of sp³-hybridized carbons (Fsp3) is 0.333. The monoisotopic (exact) mass is 268 g/mol. The van der Waals surface area contributed by atoms with E-state index in [1.807, 2.05) is 14.1 Å². The van der Waals surface area contributed by atoms with Crippen molar-refractivity contribution >= 4 is 5.69 Å². The number of nitrogens with zero attached hydrogens (tertiary/aromatic N) is 1. The predicted octanol–water partition coefficient (Wildman–Crippen LogP) is 3.75. The van der Waals surface area contributed by atoms with E-state index in [0.29, 0.717) is 0 Å². The maximum absolute atomic E-state index is 6.35. The van der Waals surface area contributed by atoms with Gasteiger partial charge in [0.25, 0.3) is 0 Å². The largest absolute Gasteiger partial charge is 0.378 e. The quantitative estimate of drug-likeness (QED) is 0.894. The number of aryl methyl sites for hydroxylation is 1. The van der Waals surface area contributed by atoms with Crippen molar-refractivity contribution in [2.24, 2.45) is 5.73 Å². The van der Waals surface area contributed by atoms with Gasteiger partial charge in [0.1, 0.15) is 0 Å². The molecular formula is C18H24N2. The lowest BCUT2D eigenvalue weighted by Gasteiger charge is -2.16. The Morgan fingerprint density at radius 1 is 0.900 bits per heavy atom. The highest BCUT2D eigenvalue weighted by molar-refractivity contribution is 5.47. The van der Waals surface area contributed by atoms with E-state index in [2.05, 4.69) is 60.4 Å². The normalized spacial score (nSPS) is 12.2. The standard InChI is InChI=1S/C18H24N2/c1-4-5-14-6-8-15(9-7-14)18(19)16-10-12-17(13-11-16)20(2)3/h6-13,18H,4-5,19H2,1-3H3. The van der Waals surface area contributed by atoms with Gasteiger partial charge < -0.3 is 10.6 Å². The molecule has 1 atom stereocenters. The van der Waals surface area contributed by atoms with Gasteiger partial charge in [0.15, 0.2) is 0 Å². The number of nitrogens with two attached hydrogens (primary N) is 1. The number of benzene rings is 2. The maximum atomic E-state index is 6.35. The molecule has 2 rings (SSSR count). The van der Waals surface area contributed by atoms with E-state index in [-0.39, 0.29) is 6.04 Å². The van der Waals surface area contributed by atoms with Gasteiger partial charge in [-0.3, -0.25) is 0 Å². The highest BCUT2D eigenvalue weighted by atomic mass is 15.1. The molecule has 0 amide bonds. The van der Waals surface area contributed by atoms with E-state index in [1.165, 1.54) is 23.2 Å². The Morgan fingerprint density at radius 3 is 1.85 bits per heavy atom. The number of rotatable bonds is 5. The van der Waals surface area contributed by atoms with E-state index in [9.17, 15) is 0 Å². The van der Waals surface area contributed by atoms with Gasteiger partial charge >= 0.3 is 0 Å². The number of anilines is 1. The molecule has 2 aromatic rings. The highest BCUT2D eigenvalue weighted by Crippen LogP contribution is 2.22.